The molecule has 4 N–H and O–H groups in total. The highest BCUT2D eigenvalue weighted by atomic mass is 16.3. The molecule has 0 aromatic heterocycles. The second kappa shape index (κ2) is 6.35. The first-order valence-corrected chi connectivity index (χ1v) is 5.42. The number of nitrogens with one attached hydrogen (secondary N) is 1. The van der Waals surface area contributed by atoms with E-state index in [9.17, 15) is 0 Å². The van der Waals surface area contributed by atoms with Gasteiger partial charge in [0.25, 0.3) is 0 Å². The summed E-state index contributed by atoms with van der Waals surface area (Å²) in [5.74, 6) is 0.741. The molecule has 0 aliphatic heterocycles. The summed E-state index contributed by atoms with van der Waals surface area (Å²) in [6.07, 6.45) is 6.69. The minimum atomic E-state index is 0.212. The van der Waals surface area contributed by atoms with Gasteiger partial charge in [-0.15, -0.1) is 0 Å². The summed E-state index contributed by atoms with van der Waals surface area (Å²) in [6.45, 7) is 1.59. The van der Waals surface area contributed by atoms with E-state index >= 15 is 0 Å². The Hall–Kier alpha value is -0.120. The van der Waals surface area contributed by atoms with Crippen LogP contribution in [-0.4, -0.2) is 30.8 Å². The lowest BCUT2D eigenvalue weighted by molar-refractivity contribution is 0.241. The van der Waals surface area contributed by atoms with Crippen molar-refractivity contribution in [2.45, 2.75) is 38.1 Å². The molecule has 1 unspecified atom stereocenters. The van der Waals surface area contributed by atoms with E-state index in [1.807, 2.05) is 0 Å². The summed E-state index contributed by atoms with van der Waals surface area (Å²) in [7, 11) is 0. The molecule has 1 atom stereocenters. The molecule has 0 bridgehead atoms. The maximum atomic E-state index is 8.71. The Bertz CT molecular complexity index is 124. The van der Waals surface area contributed by atoms with Gasteiger partial charge in [0.1, 0.15) is 0 Å². The second-order valence-corrected chi connectivity index (χ2v) is 3.92. The standard InChI is InChI=1S/C10H22N2O/c11-8-10(12-6-7-13)9-4-2-1-3-5-9/h9-10,12-13H,1-8,11H2. The number of nitrogens with two attached hydrogens (primary N) is 1. The molecule has 3 heteroatoms. The minimum absolute atomic E-state index is 0.212. The Morgan fingerprint density at radius 2 is 2.00 bits per heavy atom. The number of hydrogen-bond acceptors (Lipinski definition) is 3. The van der Waals surface area contributed by atoms with Crippen molar-refractivity contribution in [2.24, 2.45) is 11.7 Å². The third kappa shape index (κ3) is 3.63. The van der Waals surface area contributed by atoms with Gasteiger partial charge in [-0.1, -0.05) is 19.3 Å². The molecule has 0 heterocycles. The van der Waals surface area contributed by atoms with Gasteiger partial charge in [0, 0.05) is 19.1 Å². The van der Waals surface area contributed by atoms with Crippen LogP contribution in [0, 0.1) is 5.92 Å². The minimum Gasteiger partial charge on any atom is -0.395 e. The Kier molecular flexibility index (Phi) is 5.35. The molecule has 1 aliphatic rings. The van der Waals surface area contributed by atoms with E-state index in [0.29, 0.717) is 19.1 Å². The first kappa shape index (κ1) is 11.0. The molecule has 1 aliphatic carbocycles. The predicted octanol–water partition coefficient (Wildman–Crippen LogP) is 0.476. The van der Waals surface area contributed by atoms with Crippen LogP contribution in [0.2, 0.25) is 0 Å². The summed E-state index contributed by atoms with van der Waals surface area (Å²) >= 11 is 0. The smallest absolute Gasteiger partial charge is 0.0556 e. The molecule has 78 valence electrons. The average molecular weight is 186 g/mol. The van der Waals surface area contributed by atoms with Gasteiger partial charge in [0.05, 0.1) is 6.61 Å². The SMILES string of the molecule is NCC(NCCO)C1CCCCC1. The van der Waals surface area contributed by atoms with Crippen LogP contribution >= 0.6 is 0 Å². The molecule has 0 amide bonds. The van der Waals surface area contributed by atoms with Gasteiger partial charge in [0.15, 0.2) is 0 Å². The van der Waals surface area contributed by atoms with Gasteiger partial charge in [-0.2, -0.15) is 0 Å². The highest BCUT2D eigenvalue weighted by Crippen LogP contribution is 2.25. The van der Waals surface area contributed by atoms with E-state index in [0.717, 1.165) is 5.92 Å². The largest absolute Gasteiger partial charge is 0.395 e. The summed E-state index contributed by atoms with van der Waals surface area (Å²) < 4.78 is 0. The molecule has 0 aromatic rings. The van der Waals surface area contributed by atoms with Crippen LogP contribution in [0.1, 0.15) is 32.1 Å². The third-order valence-corrected chi connectivity index (χ3v) is 2.99. The highest BCUT2D eigenvalue weighted by Gasteiger charge is 2.21. The lowest BCUT2D eigenvalue weighted by Gasteiger charge is -2.30. The molecule has 1 saturated carbocycles. The third-order valence-electron chi connectivity index (χ3n) is 2.99. The zero-order valence-corrected chi connectivity index (χ0v) is 8.34. The zero-order chi connectivity index (χ0) is 9.52. The summed E-state index contributed by atoms with van der Waals surface area (Å²) in [4.78, 5) is 0. The van der Waals surface area contributed by atoms with Crippen molar-refractivity contribution in [2.75, 3.05) is 19.7 Å². The van der Waals surface area contributed by atoms with E-state index in [1.54, 1.807) is 0 Å². The molecule has 1 rings (SSSR count). The van der Waals surface area contributed by atoms with Crippen molar-refractivity contribution in [3.8, 4) is 0 Å². The maximum Gasteiger partial charge on any atom is 0.0556 e. The van der Waals surface area contributed by atoms with Crippen LogP contribution < -0.4 is 11.1 Å². The molecule has 0 aromatic carbocycles. The van der Waals surface area contributed by atoms with Gasteiger partial charge in [-0.25, -0.2) is 0 Å². The second-order valence-electron chi connectivity index (χ2n) is 3.92. The van der Waals surface area contributed by atoms with Crippen LogP contribution in [0.25, 0.3) is 0 Å². The molecular formula is C10H22N2O. The van der Waals surface area contributed by atoms with E-state index in [1.165, 1.54) is 32.1 Å². The predicted molar refractivity (Wildman–Crippen MR) is 54.5 cm³/mol. The fraction of sp³-hybridized carbons (Fsp3) is 1.00. The number of rotatable bonds is 5. The van der Waals surface area contributed by atoms with Crippen molar-refractivity contribution in [3.05, 3.63) is 0 Å². The first-order chi connectivity index (χ1) is 6.38. The zero-order valence-electron chi connectivity index (χ0n) is 8.34. The van der Waals surface area contributed by atoms with Crippen LogP contribution in [-0.2, 0) is 0 Å². The molecule has 0 spiro atoms. The number of hydrogen-bond donors (Lipinski definition) is 3. The summed E-state index contributed by atoms with van der Waals surface area (Å²) in [5.41, 5.74) is 5.70. The van der Waals surface area contributed by atoms with Gasteiger partial charge in [0.2, 0.25) is 0 Å². The lowest BCUT2D eigenvalue weighted by Crippen LogP contribution is -2.44. The lowest BCUT2D eigenvalue weighted by atomic mass is 9.84. The maximum absolute atomic E-state index is 8.71. The Labute approximate surface area is 80.7 Å². The van der Waals surface area contributed by atoms with E-state index in [2.05, 4.69) is 5.32 Å². The van der Waals surface area contributed by atoms with Crippen molar-refractivity contribution < 1.29 is 5.11 Å². The summed E-state index contributed by atoms with van der Waals surface area (Å²) in [6, 6.07) is 0.424. The molecular weight excluding hydrogens is 164 g/mol. The fourth-order valence-corrected chi connectivity index (χ4v) is 2.23. The molecule has 0 saturated heterocycles. The van der Waals surface area contributed by atoms with Crippen LogP contribution in [0.5, 0.6) is 0 Å². The van der Waals surface area contributed by atoms with E-state index in [4.69, 9.17) is 10.8 Å². The van der Waals surface area contributed by atoms with E-state index < -0.39 is 0 Å². The quantitative estimate of drug-likeness (QED) is 0.585. The van der Waals surface area contributed by atoms with Gasteiger partial charge in [-0.3, -0.25) is 0 Å². The Balaban J connectivity index is 2.26. The Morgan fingerprint density at radius 3 is 2.54 bits per heavy atom. The van der Waals surface area contributed by atoms with Gasteiger partial charge < -0.3 is 16.2 Å². The van der Waals surface area contributed by atoms with Crippen molar-refractivity contribution >= 4 is 0 Å². The number of aliphatic hydroxyl groups is 1. The molecule has 0 radical (unpaired) electrons. The van der Waals surface area contributed by atoms with Crippen LogP contribution in [0.3, 0.4) is 0 Å². The van der Waals surface area contributed by atoms with Crippen LogP contribution in [0.4, 0.5) is 0 Å². The molecule has 1 fully saturated rings. The highest BCUT2D eigenvalue weighted by molar-refractivity contribution is 4.79. The average Bonchev–Trinajstić information content (AvgIpc) is 2.21. The monoisotopic (exact) mass is 186 g/mol. The van der Waals surface area contributed by atoms with Crippen molar-refractivity contribution in [3.63, 3.8) is 0 Å². The van der Waals surface area contributed by atoms with E-state index in [-0.39, 0.29) is 6.61 Å². The topological polar surface area (TPSA) is 58.3 Å². The number of aliphatic hydroxyl groups excluding tert-OH is 1. The van der Waals surface area contributed by atoms with Crippen molar-refractivity contribution in [1.29, 1.82) is 0 Å². The summed E-state index contributed by atoms with van der Waals surface area (Å²) in [5, 5.41) is 12.0. The van der Waals surface area contributed by atoms with Crippen molar-refractivity contribution in [1.82, 2.24) is 5.32 Å². The van der Waals surface area contributed by atoms with Gasteiger partial charge >= 0.3 is 0 Å². The first-order valence-electron chi connectivity index (χ1n) is 5.42. The molecule has 13 heavy (non-hydrogen) atoms. The van der Waals surface area contributed by atoms with Crippen LogP contribution in [0.15, 0.2) is 0 Å². The fourth-order valence-electron chi connectivity index (χ4n) is 2.23. The normalized spacial score (nSPS) is 21.7. The molecule has 3 nitrogen and oxygen atoms in total. The Morgan fingerprint density at radius 1 is 1.31 bits per heavy atom. The van der Waals surface area contributed by atoms with Gasteiger partial charge in [-0.05, 0) is 18.8 Å².